The zero-order valence-electron chi connectivity index (χ0n) is 18.8. The van der Waals surface area contributed by atoms with Crippen LogP contribution >= 0.6 is 0 Å². The van der Waals surface area contributed by atoms with Gasteiger partial charge < -0.3 is 15.2 Å². The van der Waals surface area contributed by atoms with Crippen LogP contribution in [0.25, 0.3) is 11.1 Å². The van der Waals surface area contributed by atoms with E-state index in [1.165, 1.54) is 6.92 Å². The van der Waals surface area contributed by atoms with E-state index in [4.69, 9.17) is 4.74 Å². The fourth-order valence-corrected chi connectivity index (χ4v) is 3.76. The Balaban J connectivity index is 1.78. The van der Waals surface area contributed by atoms with E-state index in [0.717, 1.165) is 29.2 Å². The number of nitrogens with one attached hydrogen (secondary N) is 2. The monoisotopic (exact) mass is 478 g/mol. The quantitative estimate of drug-likeness (QED) is 0.553. The first-order chi connectivity index (χ1) is 15.8. The average Bonchev–Trinajstić information content (AvgIpc) is 3.10. The van der Waals surface area contributed by atoms with Gasteiger partial charge in [0, 0.05) is 5.92 Å². The molecule has 0 saturated carbocycles. The highest BCUT2D eigenvalue weighted by molar-refractivity contribution is 5.94. The molecule has 0 radical (unpaired) electrons. The molecule has 3 rings (SSSR count). The van der Waals surface area contributed by atoms with Crippen molar-refractivity contribution in [1.29, 1.82) is 0 Å². The number of carboxylic acid groups (broad SMARTS) is 1. The SMILES string of the molecule is CCC(C)(NC(=O)C(C)(NC(=O)OCC1c2ccccc2-c2ccccc21)C(F)(F)F)C(=O)O. The summed E-state index contributed by atoms with van der Waals surface area (Å²) in [5, 5.41) is 12.8. The summed E-state index contributed by atoms with van der Waals surface area (Å²) < 4.78 is 46.7. The molecule has 2 aromatic carbocycles. The van der Waals surface area contributed by atoms with Crippen molar-refractivity contribution >= 4 is 18.0 Å². The minimum Gasteiger partial charge on any atom is -0.480 e. The molecule has 0 aromatic heterocycles. The highest BCUT2D eigenvalue weighted by Crippen LogP contribution is 2.44. The van der Waals surface area contributed by atoms with Crippen LogP contribution < -0.4 is 10.6 Å². The summed E-state index contributed by atoms with van der Waals surface area (Å²) in [6.45, 7) is 2.69. The molecule has 10 heteroatoms. The molecule has 0 heterocycles. The van der Waals surface area contributed by atoms with Crippen LogP contribution in [0.15, 0.2) is 48.5 Å². The normalized spacial score (nSPS) is 16.4. The average molecular weight is 478 g/mol. The number of carbonyl (C=O) groups excluding carboxylic acids is 2. The molecule has 0 fully saturated rings. The van der Waals surface area contributed by atoms with E-state index >= 15 is 0 Å². The number of amides is 2. The topological polar surface area (TPSA) is 105 Å². The number of fused-ring (bicyclic) bond motifs is 3. The number of alkyl carbamates (subject to hydrolysis) is 1. The smallest absolute Gasteiger partial charge is 0.420 e. The standard InChI is InChI=1S/C24H25F3N2O5/c1-4-22(2,20(31)32)28-19(30)23(3,24(25,26)27)29-21(33)34-13-18-16-11-7-5-9-14(16)15-10-6-8-12-17(15)18/h5-12,18H,4,13H2,1-3H3,(H,28,30)(H,29,33)(H,31,32). The summed E-state index contributed by atoms with van der Waals surface area (Å²) in [7, 11) is 0. The first kappa shape index (κ1) is 25.1. The second-order valence-corrected chi connectivity index (χ2v) is 8.52. The van der Waals surface area contributed by atoms with Gasteiger partial charge in [-0.25, -0.2) is 9.59 Å². The van der Waals surface area contributed by atoms with Crippen LogP contribution in [-0.4, -0.2) is 46.9 Å². The maximum atomic E-state index is 13.9. The number of carboxylic acids is 1. The molecule has 2 amide bonds. The minimum absolute atomic E-state index is 0.174. The second-order valence-electron chi connectivity index (χ2n) is 8.52. The summed E-state index contributed by atoms with van der Waals surface area (Å²) in [5.41, 5.74) is -1.74. The third-order valence-corrected chi connectivity index (χ3v) is 6.29. The Labute approximate surface area is 194 Å². The first-order valence-electron chi connectivity index (χ1n) is 10.6. The molecule has 2 atom stereocenters. The number of hydrogen-bond acceptors (Lipinski definition) is 4. The number of hydrogen-bond donors (Lipinski definition) is 3. The van der Waals surface area contributed by atoms with Gasteiger partial charge in [-0.3, -0.25) is 10.1 Å². The molecule has 2 aromatic rings. The van der Waals surface area contributed by atoms with Crippen LogP contribution in [0, 0.1) is 0 Å². The number of aliphatic carboxylic acids is 1. The maximum Gasteiger partial charge on any atom is 0.420 e. The lowest BCUT2D eigenvalue weighted by Gasteiger charge is -2.35. The molecule has 7 nitrogen and oxygen atoms in total. The molecule has 0 spiro atoms. The maximum absolute atomic E-state index is 13.9. The van der Waals surface area contributed by atoms with Crippen molar-refractivity contribution in [1.82, 2.24) is 10.6 Å². The van der Waals surface area contributed by atoms with Gasteiger partial charge in [-0.05, 0) is 42.5 Å². The molecule has 1 aliphatic rings. The van der Waals surface area contributed by atoms with Gasteiger partial charge in [-0.15, -0.1) is 0 Å². The van der Waals surface area contributed by atoms with E-state index in [9.17, 15) is 32.7 Å². The molecule has 0 saturated heterocycles. The number of ether oxygens (including phenoxy) is 1. The van der Waals surface area contributed by atoms with Crippen LogP contribution in [-0.2, 0) is 14.3 Å². The van der Waals surface area contributed by atoms with Crippen LogP contribution in [0.5, 0.6) is 0 Å². The van der Waals surface area contributed by atoms with Crippen molar-refractivity contribution in [2.75, 3.05) is 6.61 Å². The lowest BCUT2D eigenvalue weighted by molar-refractivity contribution is -0.195. The van der Waals surface area contributed by atoms with Gasteiger partial charge in [-0.1, -0.05) is 55.5 Å². The van der Waals surface area contributed by atoms with E-state index in [-0.39, 0.29) is 18.9 Å². The summed E-state index contributed by atoms with van der Waals surface area (Å²) in [6, 6.07) is 14.9. The van der Waals surface area contributed by atoms with Gasteiger partial charge in [0.05, 0.1) is 0 Å². The van der Waals surface area contributed by atoms with Crippen molar-refractivity contribution in [3.63, 3.8) is 0 Å². The summed E-state index contributed by atoms with van der Waals surface area (Å²) in [4.78, 5) is 36.4. The molecule has 34 heavy (non-hydrogen) atoms. The summed E-state index contributed by atoms with van der Waals surface area (Å²) in [6.07, 6.45) is -6.85. The lowest BCUT2D eigenvalue weighted by Crippen LogP contribution is -2.68. The molecule has 1 aliphatic carbocycles. The molecule has 3 N–H and O–H groups in total. The van der Waals surface area contributed by atoms with Crippen molar-refractivity contribution < 1.29 is 37.4 Å². The Bertz CT molecular complexity index is 1070. The molecule has 2 unspecified atom stereocenters. The van der Waals surface area contributed by atoms with E-state index in [1.54, 1.807) is 5.32 Å². The van der Waals surface area contributed by atoms with Crippen LogP contribution in [0.2, 0.25) is 0 Å². The Morgan fingerprint density at radius 3 is 1.88 bits per heavy atom. The van der Waals surface area contributed by atoms with Gasteiger partial charge in [0.1, 0.15) is 12.1 Å². The lowest BCUT2D eigenvalue weighted by atomic mass is 9.94. The van der Waals surface area contributed by atoms with Gasteiger partial charge in [0.2, 0.25) is 5.54 Å². The molecule has 0 aliphatic heterocycles. The zero-order chi connectivity index (χ0) is 25.3. The van der Waals surface area contributed by atoms with E-state index in [1.807, 2.05) is 53.8 Å². The third kappa shape index (κ3) is 4.44. The summed E-state index contributed by atoms with van der Waals surface area (Å²) in [5.74, 6) is -3.60. The number of alkyl halides is 3. The van der Waals surface area contributed by atoms with Crippen molar-refractivity contribution in [2.24, 2.45) is 0 Å². The Hall–Kier alpha value is -3.56. The Morgan fingerprint density at radius 2 is 1.44 bits per heavy atom. The van der Waals surface area contributed by atoms with Crippen LogP contribution in [0.3, 0.4) is 0 Å². The van der Waals surface area contributed by atoms with Gasteiger partial charge in [-0.2, -0.15) is 13.2 Å². The van der Waals surface area contributed by atoms with Crippen LogP contribution in [0.4, 0.5) is 18.0 Å². The largest absolute Gasteiger partial charge is 0.480 e. The summed E-state index contributed by atoms with van der Waals surface area (Å²) >= 11 is 0. The number of halogens is 3. The number of benzene rings is 2. The highest BCUT2D eigenvalue weighted by Gasteiger charge is 2.59. The molecular formula is C24H25F3N2O5. The molecule has 0 bridgehead atoms. The van der Waals surface area contributed by atoms with Crippen LogP contribution in [0.1, 0.15) is 44.2 Å². The fraction of sp³-hybridized carbons (Fsp3) is 0.375. The van der Waals surface area contributed by atoms with Crippen molar-refractivity contribution in [3.05, 3.63) is 59.7 Å². The highest BCUT2D eigenvalue weighted by atomic mass is 19.4. The zero-order valence-corrected chi connectivity index (χ0v) is 18.8. The first-order valence-corrected chi connectivity index (χ1v) is 10.6. The van der Waals surface area contributed by atoms with Crippen molar-refractivity contribution in [3.8, 4) is 11.1 Å². The van der Waals surface area contributed by atoms with E-state index in [2.05, 4.69) is 0 Å². The Kier molecular flexibility index (Phi) is 6.64. The van der Waals surface area contributed by atoms with Gasteiger partial charge in [0.15, 0.2) is 0 Å². The Morgan fingerprint density at radius 1 is 0.941 bits per heavy atom. The number of rotatable bonds is 7. The molecule has 182 valence electrons. The predicted octanol–water partition coefficient (Wildman–Crippen LogP) is 4.22. The fourth-order valence-electron chi connectivity index (χ4n) is 3.76. The van der Waals surface area contributed by atoms with Crippen molar-refractivity contribution in [2.45, 2.75) is 50.4 Å². The molecular weight excluding hydrogens is 453 g/mol. The second kappa shape index (κ2) is 9.00. The van der Waals surface area contributed by atoms with Gasteiger partial charge in [0.25, 0.3) is 5.91 Å². The predicted molar refractivity (Wildman–Crippen MR) is 117 cm³/mol. The van der Waals surface area contributed by atoms with E-state index in [0.29, 0.717) is 6.92 Å². The van der Waals surface area contributed by atoms with E-state index < -0.39 is 35.2 Å². The minimum atomic E-state index is -5.23. The third-order valence-electron chi connectivity index (χ3n) is 6.29. The number of carbonyl (C=O) groups is 3. The van der Waals surface area contributed by atoms with Gasteiger partial charge >= 0.3 is 18.2 Å².